The number of nitrogens with one attached hydrogen (secondary N) is 1. The summed E-state index contributed by atoms with van der Waals surface area (Å²) in [5, 5.41) is 23.3. The van der Waals surface area contributed by atoms with Gasteiger partial charge in [0, 0.05) is 25.3 Å². The molecule has 3 N–H and O–H groups in total. The van der Waals surface area contributed by atoms with E-state index in [9.17, 15) is 33.0 Å². The first kappa shape index (κ1) is 28.4. The predicted molar refractivity (Wildman–Crippen MR) is 136 cm³/mol. The quantitative estimate of drug-likeness (QED) is 0.499. The zero-order valence-electron chi connectivity index (χ0n) is 21.7. The summed E-state index contributed by atoms with van der Waals surface area (Å²) in [6.07, 6.45) is -1.89. The number of carbonyl (C=O) groups is 2. The van der Waals surface area contributed by atoms with Gasteiger partial charge < -0.3 is 30.1 Å². The SMILES string of the molecule is C[C@H]1C(=O)N2[C@@H](CCC(O)N3CCC4(CC4)[C@H](O)C3)COC[C@H]2CN1C(=O)Nc1ccc(C(F)(F)F)c(Cl)c1. The van der Waals surface area contributed by atoms with Gasteiger partial charge in [-0.3, -0.25) is 9.69 Å². The number of fused-ring (bicyclic) bond motifs is 1. The highest BCUT2D eigenvalue weighted by molar-refractivity contribution is 6.31. The lowest BCUT2D eigenvalue weighted by Crippen LogP contribution is -2.68. The number of amides is 3. The van der Waals surface area contributed by atoms with E-state index in [1.165, 1.54) is 4.90 Å². The van der Waals surface area contributed by atoms with Crippen molar-refractivity contribution in [1.82, 2.24) is 14.7 Å². The number of aliphatic hydroxyl groups is 2. The number of nitrogens with zero attached hydrogens (tertiary/aromatic N) is 3. The molecule has 9 nitrogen and oxygen atoms in total. The molecule has 4 aliphatic rings. The Kier molecular flexibility index (Phi) is 7.79. The van der Waals surface area contributed by atoms with Gasteiger partial charge in [0.15, 0.2) is 0 Å². The van der Waals surface area contributed by atoms with Crippen molar-refractivity contribution in [2.24, 2.45) is 5.41 Å². The molecule has 1 aromatic carbocycles. The molecule has 5 atom stereocenters. The average Bonchev–Trinajstić information content (AvgIpc) is 3.66. The number of anilines is 1. The molecule has 5 rings (SSSR count). The number of aliphatic hydroxyl groups excluding tert-OH is 2. The number of β-amino-alcohol motifs (C(OH)–C–C–N with tert-alkyl or cyclic N) is 1. The van der Waals surface area contributed by atoms with E-state index >= 15 is 0 Å². The summed E-state index contributed by atoms with van der Waals surface area (Å²) >= 11 is 5.77. The molecule has 0 radical (unpaired) electrons. The van der Waals surface area contributed by atoms with Crippen molar-refractivity contribution < 1.29 is 37.7 Å². The second-order valence-corrected chi connectivity index (χ2v) is 11.6. The molecule has 3 amide bonds. The van der Waals surface area contributed by atoms with Crippen LogP contribution in [0.5, 0.6) is 0 Å². The van der Waals surface area contributed by atoms with Gasteiger partial charge in [0.1, 0.15) is 12.3 Å². The second kappa shape index (κ2) is 10.7. The van der Waals surface area contributed by atoms with Gasteiger partial charge in [0.05, 0.1) is 42.0 Å². The molecular formula is C26H34ClF3N4O5. The fourth-order valence-corrected chi connectivity index (χ4v) is 6.40. The van der Waals surface area contributed by atoms with Crippen molar-refractivity contribution >= 4 is 29.2 Å². The van der Waals surface area contributed by atoms with Crippen LogP contribution < -0.4 is 5.32 Å². The maximum Gasteiger partial charge on any atom is 0.417 e. The number of likely N-dealkylation sites (tertiary alicyclic amines) is 1. The van der Waals surface area contributed by atoms with E-state index in [1.54, 1.807) is 11.8 Å². The van der Waals surface area contributed by atoms with Gasteiger partial charge in [-0.1, -0.05) is 11.6 Å². The van der Waals surface area contributed by atoms with E-state index in [1.807, 2.05) is 4.90 Å². The maximum absolute atomic E-state index is 13.4. The Hall–Kier alpha value is -2.12. The monoisotopic (exact) mass is 574 g/mol. The van der Waals surface area contributed by atoms with Gasteiger partial charge in [0.25, 0.3) is 0 Å². The lowest BCUT2D eigenvalue weighted by atomic mass is 9.90. The number of hydrogen-bond donors (Lipinski definition) is 3. The van der Waals surface area contributed by atoms with Gasteiger partial charge >= 0.3 is 12.2 Å². The number of ether oxygens (including phenoxy) is 1. The molecule has 3 saturated heterocycles. The van der Waals surface area contributed by atoms with Crippen LogP contribution in [0.1, 0.15) is 44.6 Å². The number of urea groups is 1. The van der Waals surface area contributed by atoms with Crippen molar-refractivity contribution in [3.05, 3.63) is 28.8 Å². The molecule has 1 saturated carbocycles. The minimum absolute atomic E-state index is 0.0496. The van der Waals surface area contributed by atoms with Crippen LogP contribution >= 0.6 is 11.6 Å². The van der Waals surface area contributed by atoms with Crippen LogP contribution in [0.3, 0.4) is 0 Å². The Bertz CT molecular complexity index is 1100. The topological polar surface area (TPSA) is 106 Å². The summed E-state index contributed by atoms with van der Waals surface area (Å²) in [6.45, 7) is 3.54. The molecule has 4 fully saturated rings. The number of alkyl halides is 3. The predicted octanol–water partition coefficient (Wildman–Crippen LogP) is 3.14. The number of piperazine rings is 1. The molecule has 0 aromatic heterocycles. The van der Waals surface area contributed by atoms with Gasteiger partial charge in [-0.05, 0) is 62.6 Å². The highest BCUT2D eigenvalue weighted by Crippen LogP contribution is 2.53. The highest BCUT2D eigenvalue weighted by atomic mass is 35.5. The van der Waals surface area contributed by atoms with Crippen LogP contribution in [0.4, 0.5) is 23.7 Å². The molecular weight excluding hydrogens is 541 g/mol. The summed E-state index contributed by atoms with van der Waals surface area (Å²) in [4.78, 5) is 31.4. The largest absolute Gasteiger partial charge is 0.417 e. The van der Waals surface area contributed by atoms with Gasteiger partial charge in [-0.15, -0.1) is 0 Å². The van der Waals surface area contributed by atoms with Crippen LogP contribution in [0.2, 0.25) is 5.02 Å². The van der Waals surface area contributed by atoms with Crippen molar-refractivity contribution in [3.8, 4) is 0 Å². The molecule has 216 valence electrons. The Balaban J connectivity index is 1.18. The lowest BCUT2D eigenvalue weighted by molar-refractivity contribution is -0.160. The molecule has 1 unspecified atom stereocenters. The van der Waals surface area contributed by atoms with Crippen LogP contribution in [0.15, 0.2) is 18.2 Å². The van der Waals surface area contributed by atoms with E-state index in [2.05, 4.69) is 5.32 Å². The smallest absolute Gasteiger partial charge is 0.391 e. The van der Waals surface area contributed by atoms with E-state index < -0.39 is 47.2 Å². The first-order chi connectivity index (χ1) is 18.4. The average molecular weight is 575 g/mol. The summed E-state index contributed by atoms with van der Waals surface area (Å²) in [6, 6.07) is 0.862. The van der Waals surface area contributed by atoms with E-state index in [4.69, 9.17) is 16.3 Å². The Morgan fingerprint density at radius 2 is 2.00 bits per heavy atom. The minimum atomic E-state index is -4.61. The van der Waals surface area contributed by atoms with E-state index in [0.29, 0.717) is 26.0 Å². The maximum atomic E-state index is 13.4. The third-order valence-electron chi connectivity index (χ3n) is 8.76. The van der Waals surface area contributed by atoms with Crippen LogP contribution in [0.25, 0.3) is 0 Å². The number of morpholine rings is 1. The van der Waals surface area contributed by atoms with Crippen molar-refractivity contribution in [2.45, 2.75) is 75.7 Å². The number of benzene rings is 1. The first-order valence-electron chi connectivity index (χ1n) is 13.3. The number of halogens is 4. The molecule has 3 heterocycles. The number of piperidine rings is 1. The molecule has 1 spiro atoms. The number of rotatable bonds is 5. The number of hydrogen-bond acceptors (Lipinski definition) is 6. The molecule has 3 aliphatic heterocycles. The zero-order valence-corrected chi connectivity index (χ0v) is 22.4. The van der Waals surface area contributed by atoms with E-state index in [0.717, 1.165) is 44.0 Å². The standard InChI is InChI=1S/C26H34ClF3N4O5/c1-15-23(37)34-17(3-5-22(36)32-9-8-25(6-7-25)21(35)12-32)13-39-14-18(34)11-33(15)24(38)31-16-2-4-19(20(27)10-16)26(28,29)30/h2,4,10,15,17-18,21-22,35-36H,3,5-9,11-14H2,1H3,(H,31,38)/t15-,17-,18+,21+,22?/m0/s1. The first-order valence-corrected chi connectivity index (χ1v) is 13.7. The van der Waals surface area contributed by atoms with Crippen LogP contribution in [-0.2, 0) is 15.7 Å². The number of carbonyl (C=O) groups excluding carboxylic acids is 2. The van der Waals surface area contributed by atoms with Crippen molar-refractivity contribution in [2.75, 3.05) is 38.2 Å². The Labute approximate surface area is 229 Å². The van der Waals surface area contributed by atoms with Gasteiger partial charge in [-0.2, -0.15) is 13.2 Å². The van der Waals surface area contributed by atoms with Gasteiger partial charge in [-0.25, -0.2) is 4.79 Å². The Morgan fingerprint density at radius 3 is 2.64 bits per heavy atom. The van der Waals surface area contributed by atoms with Crippen LogP contribution in [0, 0.1) is 5.41 Å². The highest BCUT2D eigenvalue weighted by Gasteiger charge is 2.52. The second-order valence-electron chi connectivity index (χ2n) is 11.2. The summed E-state index contributed by atoms with van der Waals surface area (Å²) in [5.74, 6) is -0.251. The summed E-state index contributed by atoms with van der Waals surface area (Å²) < 4.78 is 44.8. The lowest BCUT2D eigenvalue weighted by Gasteiger charge is -2.50. The molecule has 0 bridgehead atoms. The fraction of sp³-hybridized carbons (Fsp3) is 0.692. The molecule has 1 aromatic rings. The third kappa shape index (κ3) is 5.72. The summed E-state index contributed by atoms with van der Waals surface area (Å²) in [5.41, 5.74) is -0.867. The van der Waals surface area contributed by atoms with E-state index in [-0.39, 0.29) is 36.2 Å². The zero-order chi connectivity index (χ0) is 28.1. The molecule has 1 aliphatic carbocycles. The Morgan fingerprint density at radius 1 is 1.26 bits per heavy atom. The fourth-order valence-electron chi connectivity index (χ4n) is 6.11. The van der Waals surface area contributed by atoms with Crippen LogP contribution in [-0.4, -0.2) is 100 Å². The minimum Gasteiger partial charge on any atom is -0.391 e. The normalized spacial score (nSPS) is 29.8. The molecule has 13 heteroatoms. The third-order valence-corrected chi connectivity index (χ3v) is 9.08. The van der Waals surface area contributed by atoms with Crippen molar-refractivity contribution in [1.29, 1.82) is 0 Å². The summed E-state index contributed by atoms with van der Waals surface area (Å²) in [7, 11) is 0. The molecule has 39 heavy (non-hydrogen) atoms. The van der Waals surface area contributed by atoms with Gasteiger partial charge in [0.2, 0.25) is 5.91 Å². The van der Waals surface area contributed by atoms with Crippen molar-refractivity contribution in [3.63, 3.8) is 0 Å².